The summed E-state index contributed by atoms with van der Waals surface area (Å²) in [5.41, 5.74) is 2.51. The third-order valence-corrected chi connectivity index (χ3v) is 3.65. The Bertz CT molecular complexity index is 400. The van der Waals surface area contributed by atoms with E-state index in [-0.39, 0.29) is 11.8 Å². The number of hydrogen-bond donors (Lipinski definition) is 1. The lowest BCUT2D eigenvalue weighted by atomic mass is 9.82. The minimum atomic E-state index is 0.0569. The maximum Gasteiger partial charge on any atom is 0.144 e. The van der Waals surface area contributed by atoms with E-state index in [1.165, 1.54) is 11.1 Å². The average molecular weight is 231 g/mol. The van der Waals surface area contributed by atoms with Crippen molar-refractivity contribution in [3.05, 3.63) is 35.4 Å². The molecule has 92 valence electrons. The molecule has 0 fully saturated rings. The summed E-state index contributed by atoms with van der Waals surface area (Å²) in [6.07, 6.45) is 2.08. The Labute approximate surface area is 103 Å². The molecule has 1 aromatic carbocycles. The first-order chi connectivity index (χ1) is 8.24. The molecule has 0 aromatic heterocycles. The minimum absolute atomic E-state index is 0.0569. The smallest absolute Gasteiger partial charge is 0.144 e. The van der Waals surface area contributed by atoms with Gasteiger partial charge in [0.05, 0.1) is 5.92 Å². The molecule has 0 radical (unpaired) electrons. The maximum atomic E-state index is 12.4. The number of benzene rings is 1. The van der Waals surface area contributed by atoms with Crippen LogP contribution in [0.25, 0.3) is 0 Å². The maximum absolute atomic E-state index is 12.4. The molecule has 1 N–H and O–H groups in total. The number of nitrogens with one attached hydrogen (secondary N) is 1. The highest BCUT2D eigenvalue weighted by molar-refractivity contribution is 5.88. The number of Topliss-reactive ketones (excluding diaryl/α,β-unsaturated/α-hetero) is 1. The van der Waals surface area contributed by atoms with Gasteiger partial charge < -0.3 is 5.32 Å². The van der Waals surface area contributed by atoms with Gasteiger partial charge in [-0.3, -0.25) is 4.79 Å². The van der Waals surface area contributed by atoms with Crippen molar-refractivity contribution in [2.45, 2.75) is 39.2 Å². The van der Waals surface area contributed by atoms with Gasteiger partial charge in [-0.15, -0.1) is 0 Å². The first-order valence-electron chi connectivity index (χ1n) is 6.56. The summed E-state index contributed by atoms with van der Waals surface area (Å²) < 4.78 is 0. The topological polar surface area (TPSA) is 29.1 Å². The number of carbonyl (C=O) groups excluding carboxylic acids is 1. The van der Waals surface area contributed by atoms with E-state index in [1.807, 2.05) is 12.1 Å². The first kappa shape index (κ1) is 12.3. The molecular weight excluding hydrogens is 210 g/mol. The molecule has 0 aliphatic carbocycles. The third-order valence-electron chi connectivity index (χ3n) is 3.65. The zero-order valence-corrected chi connectivity index (χ0v) is 10.7. The summed E-state index contributed by atoms with van der Waals surface area (Å²) in [6.45, 7) is 5.88. The van der Waals surface area contributed by atoms with Crippen molar-refractivity contribution in [1.29, 1.82) is 0 Å². The van der Waals surface area contributed by atoms with Crippen molar-refractivity contribution in [2.75, 3.05) is 6.54 Å². The second kappa shape index (κ2) is 5.46. The van der Waals surface area contributed by atoms with Gasteiger partial charge in [-0.1, -0.05) is 44.5 Å². The fourth-order valence-electron chi connectivity index (χ4n) is 2.67. The fourth-order valence-corrected chi connectivity index (χ4v) is 2.67. The van der Waals surface area contributed by atoms with E-state index in [9.17, 15) is 4.79 Å². The molecule has 0 saturated heterocycles. The van der Waals surface area contributed by atoms with Crippen molar-refractivity contribution < 1.29 is 4.79 Å². The van der Waals surface area contributed by atoms with E-state index in [1.54, 1.807) is 0 Å². The van der Waals surface area contributed by atoms with Gasteiger partial charge >= 0.3 is 0 Å². The molecule has 2 rings (SSSR count). The van der Waals surface area contributed by atoms with Gasteiger partial charge in [-0.05, 0) is 17.5 Å². The molecule has 1 aliphatic rings. The lowest BCUT2D eigenvalue weighted by Gasteiger charge is -2.27. The molecule has 2 heteroatoms. The van der Waals surface area contributed by atoms with Crippen molar-refractivity contribution in [3.63, 3.8) is 0 Å². The Kier molecular flexibility index (Phi) is 3.95. The molecule has 2 nitrogen and oxygen atoms in total. The van der Waals surface area contributed by atoms with Crippen LogP contribution < -0.4 is 5.32 Å². The van der Waals surface area contributed by atoms with Crippen LogP contribution in [0, 0.1) is 5.92 Å². The van der Waals surface area contributed by atoms with E-state index in [2.05, 4.69) is 31.3 Å². The van der Waals surface area contributed by atoms with Crippen LogP contribution in [-0.2, 0) is 11.3 Å². The molecule has 0 spiro atoms. The highest BCUT2D eigenvalue weighted by Gasteiger charge is 2.28. The Morgan fingerprint density at radius 1 is 1.47 bits per heavy atom. The molecule has 0 amide bonds. The van der Waals surface area contributed by atoms with Crippen LogP contribution in [0.15, 0.2) is 24.3 Å². The first-order valence-corrected chi connectivity index (χ1v) is 6.56. The van der Waals surface area contributed by atoms with E-state index in [4.69, 9.17) is 0 Å². The molecular formula is C15H21NO. The van der Waals surface area contributed by atoms with Crippen LogP contribution in [0.4, 0.5) is 0 Å². The molecule has 1 aromatic rings. The summed E-state index contributed by atoms with van der Waals surface area (Å²) in [6, 6.07) is 8.31. The van der Waals surface area contributed by atoms with Gasteiger partial charge in [-0.2, -0.15) is 0 Å². The van der Waals surface area contributed by atoms with Crippen LogP contribution in [0.2, 0.25) is 0 Å². The number of rotatable bonds is 4. The van der Waals surface area contributed by atoms with Crippen molar-refractivity contribution in [1.82, 2.24) is 5.32 Å². The number of hydrogen-bond acceptors (Lipinski definition) is 2. The normalized spacial score (nSPS) is 20.7. The van der Waals surface area contributed by atoms with Gasteiger partial charge in [-0.25, -0.2) is 0 Å². The quantitative estimate of drug-likeness (QED) is 0.863. The lowest BCUT2D eigenvalue weighted by Crippen LogP contribution is -2.34. The average Bonchev–Trinajstić information content (AvgIpc) is 2.37. The second-order valence-corrected chi connectivity index (χ2v) is 4.97. The van der Waals surface area contributed by atoms with Crippen LogP contribution in [0.3, 0.4) is 0 Å². The number of carbonyl (C=O) groups is 1. The second-order valence-electron chi connectivity index (χ2n) is 4.97. The molecule has 1 aliphatic heterocycles. The summed E-state index contributed by atoms with van der Waals surface area (Å²) in [7, 11) is 0. The predicted molar refractivity (Wildman–Crippen MR) is 70.0 cm³/mol. The Morgan fingerprint density at radius 3 is 3.00 bits per heavy atom. The van der Waals surface area contributed by atoms with Crippen molar-refractivity contribution >= 4 is 5.78 Å². The molecule has 2 unspecified atom stereocenters. The minimum Gasteiger partial charge on any atom is -0.312 e. The van der Waals surface area contributed by atoms with Gasteiger partial charge in [0.15, 0.2) is 0 Å². The highest BCUT2D eigenvalue weighted by Crippen LogP contribution is 2.27. The van der Waals surface area contributed by atoms with Crippen molar-refractivity contribution in [2.24, 2.45) is 5.92 Å². The van der Waals surface area contributed by atoms with Gasteiger partial charge in [0.1, 0.15) is 5.78 Å². The van der Waals surface area contributed by atoms with E-state index < -0.39 is 0 Å². The highest BCUT2D eigenvalue weighted by atomic mass is 16.1. The van der Waals surface area contributed by atoms with E-state index in [0.29, 0.717) is 5.78 Å². The zero-order chi connectivity index (χ0) is 12.3. The lowest BCUT2D eigenvalue weighted by molar-refractivity contribution is -0.124. The summed E-state index contributed by atoms with van der Waals surface area (Å²) in [5, 5.41) is 3.35. The number of ketones is 1. The summed E-state index contributed by atoms with van der Waals surface area (Å²) in [5.74, 6) is 0.631. The molecule has 0 bridgehead atoms. The molecule has 2 atom stereocenters. The third kappa shape index (κ3) is 2.58. The monoisotopic (exact) mass is 231 g/mol. The van der Waals surface area contributed by atoms with Gasteiger partial charge in [0.25, 0.3) is 0 Å². The zero-order valence-electron chi connectivity index (χ0n) is 10.7. The fraction of sp³-hybridized carbons (Fsp3) is 0.533. The van der Waals surface area contributed by atoms with Gasteiger partial charge in [0, 0.05) is 19.0 Å². The van der Waals surface area contributed by atoms with Crippen LogP contribution in [-0.4, -0.2) is 12.3 Å². The van der Waals surface area contributed by atoms with E-state index in [0.717, 1.165) is 25.9 Å². The SMILES string of the molecule is CCCC(C)C(=O)C1CNCc2ccccc21. The molecule has 17 heavy (non-hydrogen) atoms. The Hall–Kier alpha value is -1.15. The Morgan fingerprint density at radius 2 is 2.24 bits per heavy atom. The summed E-state index contributed by atoms with van der Waals surface area (Å²) >= 11 is 0. The summed E-state index contributed by atoms with van der Waals surface area (Å²) in [4.78, 5) is 12.4. The van der Waals surface area contributed by atoms with Gasteiger partial charge in [0.2, 0.25) is 0 Å². The van der Waals surface area contributed by atoms with Crippen LogP contribution in [0.5, 0.6) is 0 Å². The van der Waals surface area contributed by atoms with E-state index >= 15 is 0 Å². The standard InChI is InChI=1S/C15H21NO/c1-3-6-11(2)15(17)14-10-16-9-12-7-4-5-8-13(12)14/h4-5,7-8,11,14,16H,3,6,9-10H2,1-2H3. The molecule has 1 heterocycles. The van der Waals surface area contributed by atoms with Crippen LogP contribution >= 0.6 is 0 Å². The largest absolute Gasteiger partial charge is 0.312 e. The predicted octanol–water partition coefficient (Wildman–Crippen LogP) is 2.88. The van der Waals surface area contributed by atoms with Crippen LogP contribution in [0.1, 0.15) is 43.7 Å². The van der Waals surface area contributed by atoms with Crippen molar-refractivity contribution in [3.8, 4) is 0 Å². The molecule has 0 saturated carbocycles. The Balaban J connectivity index is 2.20. The number of fused-ring (bicyclic) bond motifs is 1.